The topological polar surface area (TPSA) is 83.7 Å². The summed E-state index contributed by atoms with van der Waals surface area (Å²) >= 11 is 1.55. The van der Waals surface area contributed by atoms with E-state index in [0.717, 1.165) is 47.5 Å². The number of ether oxygens (including phenoxy) is 1. The molecule has 1 aromatic heterocycles. The molecule has 0 bridgehead atoms. The Morgan fingerprint density at radius 1 is 1.26 bits per heavy atom. The third-order valence-corrected chi connectivity index (χ3v) is 5.38. The van der Waals surface area contributed by atoms with Gasteiger partial charge in [-0.15, -0.1) is 0 Å². The standard InChI is InChI=1S/C19H25N5O2S/c1-23-8-10-24(11-9-23)17-7-6-16(19(22-17)26-2)27-15-5-3-4-14(12-15)21-18(25)13-20/h3-7,12H,8-11,13,20H2,1-2H3,(H,21,25). The normalized spacial score (nSPS) is 14.9. The van der Waals surface area contributed by atoms with Gasteiger partial charge in [-0.2, -0.15) is 4.98 Å². The third-order valence-electron chi connectivity index (χ3n) is 4.36. The smallest absolute Gasteiger partial charge is 0.238 e. The summed E-state index contributed by atoms with van der Waals surface area (Å²) in [4.78, 5) is 22.7. The summed E-state index contributed by atoms with van der Waals surface area (Å²) in [6, 6.07) is 11.7. The lowest BCUT2D eigenvalue weighted by molar-refractivity contribution is -0.114. The molecule has 144 valence electrons. The van der Waals surface area contributed by atoms with Gasteiger partial charge in [0.1, 0.15) is 5.82 Å². The predicted octanol–water partition coefficient (Wildman–Crippen LogP) is 1.89. The average molecular weight is 388 g/mol. The molecule has 1 aliphatic rings. The minimum atomic E-state index is -0.215. The molecule has 1 saturated heterocycles. The molecule has 8 heteroatoms. The quantitative estimate of drug-likeness (QED) is 0.783. The highest BCUT2D eigenvalue weighted by Gasteiger charge is 2.17. The SMILES string of the molecule is COc1nc(N2CCN(C)CC2)ccc1Sc1cccc(NC(=O)CN)c1. The van der Waals surface area contributed by atoms with Crippen LogP contribution in [0.5, 0.6) is 5.88 Å². The highest BCUT2D eigenvalue weighted by Crippen LogP contribution is 2.36. The number of carbonyl (C=O) groups excluding carboxylic acids is 1. The molecule has 3 N–H and O–H groups in total. The molecular formula is C19H25N5O2S. The molecule has 0 radical (unpaired) electrons. The first kappa shape index (κ1) is 19.5. The molecule has 1 aromatic carbocycles. The van der Waals surface area contributed by atoms with Gasteiger partial charge in [-0.05, 0) is 37.4 Å². The Morgan fingerprint density at radius 2 is 2.04 bits per heavy atom. The minimum absolute atomic E-state index is 0.0388. The number of anilines is 2. The van der Waals surface area contributed by atoms with Crippen molar-refractivity contribution in [3.8, 4) is 5.88 Å². The van der Waals surface area contributed by atoms with Crippen LogP contribution in [0.4, 0.5) is 11.5 Å². The highest BCUT2D eigenvalue weighted by atomic mass is 32.2. The predicted molar refractivity (Wildman–Crippen MR) is 109 cm³/mol. The van der Waals surface area contributed by atoms with Crippen LogP contribution in [-0.2, 0) is 4.79 Å². The first-order chi connectivity index (χ1) is 13.1. The number of pyridine rings is 1. The Balaban J connectivity index is 1.75. The van der Waals surface area contributed by atoms with Crippen molar-refractivity contribution in [3.05, 3.63) is 36.4 Å². The maximum absolute atomic E-state index is 11.5. The summed E-state index contributed by atoms with van der Waals surface area (Å²) in [5.74, 6) is 1.33. The van der Waals surface area contributed by atoms with Crippen LogP contribution in [0.3, 0.4) is 0 Å². The maximum Gasteiger partial charge on any atom is 0.238 e. The average Bonchev–Trinajstić information content (AvgIpc) is 2.69. The number of nitrogens with zero attached hydrogens (tertiary/aromatic N) is 3. The van der Waals surface area contributed by atoms with Gasteiger partial charge in [0, 0.05) is 36.8 Å². The number of aromatic nitrogens is 1. The van der Waals surface area contributed by atoms with Crippen molar-refractivity contribution in [2.24, 2.45) is 5.73 Å². The van der Waals surface area contributed by atoms with Gasteiger partial charge >= 0.3 is 0 Å². The summed E-state index contributed by atoms with van der Waals surface area (Å²) in [6.45, 7) is 3.94. The zero-order chi connectivity index (χ0) is 19.2. The summed E-state index contributed by atoms with van der Waals surface area (Å²) in [6.07, 6.45) is 0. The number of methoxy groups -OCH3 is 1. The van der Waals surface area contributed by atoms with Crippen LogP contribution in [0.2, 0.25) is 0 Å². The van der Waals surface area contributed by atoms with Crippen molar-refractivity contribution in [2.75, 3.05) is 57.1 Å². The second-order valence-electron chi connectivity index (χ2n) is 6.35. The van der Waals surface area contributed by atoms with Crippen molar-refractivity contribution in [2.45, 2.75) is 9.79 Å². The molecular weight excluding hydrogens is 362 g/mol. The fourth-order valence-corrected chi connectivity index (χ4v) is 3.77. The Morgan fingerprint density at radius 3 is 2.74 bits per heavy atom. The monoisotopic (exact) mass is 387 g/mol. The number of amides is 1. The number of carbonyl (C=O) groups is 1. The maximum atomic E-state index is 11.5. The number of benzene rings is 1. The first-order valence-electron chi connectivity index (χ1n) is 8.85. The van der Waals surface area contributed by atoms with Crippen molar-refractivity contribution in [3.63, 3.8) is 0 Å². The summed E-state index contributed by atoms with van der Waals surface area (Å²) < 4.78 is 5.53. The van der Waals surface area contributed by atoms with Gasteiger partial charge in [0.25, 0.3) is 0 Å². The molecule has 1 aliphatic heterocycles. The number of hydrogen-bond donors (Lipinski definition) is 2. The van der Waals surface area contributed by atoms with E-state index in [2.05, 4.69) is 22.2 Å². The van der Waals surface area contributed by atoms with Gasteiger partial charge < -0.3 is 25.6 Å². The fraction of sp³-hybridized carbons (Fsp3) is 0.368. The number of hydrogen-bond acceptors (Lipinski definition) is 7. The molecule has 1 fully saturated rings. The van der Waals surface area contributed by atoms with Crippen LogP contribution in [-0.4, -0.2) is 62.7 Å². The third kappa shape index (κ3) is 5.12. The van der Waals surface area contributed by atoms with Gasteiger partial charge in [-0.1, -0.05) is 17.8 Å². The molecule has 1 amide bonds. The van der Waals surface area contributed by atoms with Crippen molar-refractivity contribution in [1.29, 1.82) is 0 Å². The number of likely N-dealkylation sites (N-methyl/N-ethyl adjacent to an activating group) is 1. The van der Waals surface area contributed by atoms with E-state index in [1.54, 1.807) is 18.9 Å². The molecule has 7 nitrogen and oxygen atoms in total. The molecule has 3 rings (SSSR count). The van der Waals surface area contributed by atoms with Crippen molar-refractivity contribution in [1.82, 2.24) is 9.88 Å². The van der Waals surface area contributed by atoms with Gasteiger partial charge in [-0.25, -0.2) is 0 Å². The lowest BCUT2D eigenvalue weighted by Crippen LogP contribution is -2.44. The van der Waals surface area contributed by atoms with Crippen molar-refractivity contribution < 1.29 is 9.53 Å². The summed E-state index contributed by atoms with van der Waals surface area (Å²) in [7, 11) is 3.77. The Bertz CT molecular complexity index is 793. The lowest BCUT2D eigenvalue weighted by Gasteiger charge is -2.33. The molecule has 0 unspecified atom stereocenters. The molecule has 0 saturated carbocycles. The van der Waals surface area contributed by atoms with E-state index < -0.39 is 0 Å². The minimum Gasteiger partial charge on any atom is -0.480 e. The van der Waals surface area contributed by atoms with Crippen LogP contribution in [0.25, 0.3) is 0 Å². The lowest BCUT2D eigenvalue weighted by atomic mass is 10.3. The van der Waals surface area contributed by atoms with Gasteiger partial charge in [0.05, 0.1) is 18.6 Å². The number of piperazine rings is 1. The van der Waals surface area contributed by atoms with Crippen LogP contribution in [0.1, 0.15) is 0 Å². The zero-order valence-corrected chi connectivity index (χ0v) is 16.5. The van der Waals surface area contributed by atoms with Crippen molar-refractivity contribution >= 4 is 29.2 Å². The van der Waals surface area contributed by atoms with E-state index in [4.69, 9.17) is 15.5 Å². The molecule has 27 heavy (non-hydrogen) atoms. The van der Waals surface area contributed by atoms with E-state index in [0.29, 0.717) is 5.88 Å². The molecule has 0 aliphatic carbocycles. The van der Waals surface area contributed by atoms with Crippen LogP contribution in [0, 0.1) is 0 Å². The Labute approximate surface area is 163 Å². The number of rotatable bonds is 6. The number of nitrogens with one attached hydrogen (secondary N) is 1. The molecule has 2 aromatic rings. The van der Waals surface area contributed by atoms with Gasteiger partial charge in [0.15, 0.2) is 0 Å². The second-order valence-corrected chi connectivity index (χ2v) is 7.46. The van der Waals surface area contributed by atoms with Crippen LogP contribution in [0.15, 0.2) is 46.2 Å². The Kier molecular flexibility index (Phi) is 6.54. The summed E-state index contributed by atoms with van der Waals surface area (Å²) in [5.41, 5.74) is 6.07. The zero-order valence-electron chi connectivity index (χ0n) is 15.6. The van der Waals surface area contributed by atoms with E-state index >= 15 is 0 Å². The second kappa shape index (κ2) is 9.07. The molecule has 2 heterocycles. The largest absolute Gasteiger partial charge is 0.480 e. The Hall–Kier alpha value is -2.29. The first-order valence-corrected chi connectivity index (χ1v) is 9.67. The molecule has 0 atom stereocenters. The van der Waals surface area contributed by atoms with Crippen LogP contribution >= 0.6 is 11.8 Å². The summed E-state index contributed by atoms with van der Waals surface area (Å²) in [5, 5.41) is 2.77. The van der Waals surface area contributed by atoms with Gasteiger partial charge in [0.2, 0.25) is 11.8 Å². The van der Waals surface area contributed by atoms with E-state index in [-0.39, 0.29) is 12.5 Å². The van der Waals surface area contributed by atoms with E-state index in [1.165, 1.54) is 0 Å². The van der Waals surface area contributed by atoms with Gasteiger partial charge in [-0.3, -0.25) is 4.79 Å². The fourth-order valence-electron chi connectivity index (χ4n) is 2.83. The van der Waals surface area contributed by atoms with E-state index in [1.807, 2.05) is 36.4 Å². The number of nitrogens with two attached hydrogens (primary N) is 1. The van der Waals surface area contributed by atoms with E-state index in [9.17, 15) is 4.79 Å². The van der Waals surface area contributed by atoms with Crippen LogP contribution < -0.4 is 20.7 Å². The molecule has 0 spiro atoms. The highest BCUT2D eigenvalue weighted by molar-refractivity contribution is 7.99.